The number of phenols is 1. The molecule has 0 aliphatic heterocycles. The van der Waals surface area contributed by atoms with Gasteiger partial charge in [-0.25, -0.2) is 8.93 Å². The Morgan fingerprint density at radius 3 is 2.48 bits per heavy atom. The van der Waals surface area contributed by atoms with Crippen molar-refractivity contribution in [2.24, 2.45) is 5.92 Å². The van der Waals surface area contributed by atoms with Crippen LogP contribution >= 0.6 is 0 Å². The molecule has 0 radical (unpaired) electrons. The Morgan fingerprint density at radius 2 is 1.91 bits per heavy atom. The van der Waals surface area contributed by atoms with E-state index in [0.717, 1.165) is 6.42 Å². The molecule has 3 atom stereocenters. The van der Waals surface area contributed by atoms with Gasteiger partial charge in [0.2, 0.25) is 5.91 Å². The number of phenolic OH excluding ortho intramolecular Hbond substituents is 1. The zero-order valence-electron chi connectivity index (χ0n) is 14.1. The number of rotatable bonds is 8. The zero-order chi connectivity index (χ0) is 17.6. The van der Waals surface area contributed by atoms with Crippen LogP contribution in [0.5, 0.6) is 5.75 Å². The number of anilines is 2. The predicted molar refractivity (Wildman–Crippen MR) is 95.4 cm³/mol. The fourth-order valence-corrected chi connectivity index (χ4v) is 2.71. The van der Waals surface area contributed by atoms with Crippen molar-refractivity contribution in [3.63, 3.8) is 0 Å². The van der Waals surface area contributed by atoms with Crippen molar-refractivity contribution in [1.82, 2.24) is 4.72 Å². The first-order valence-corrected chi connectivity index (χ1v) is 8.98. The second kappa shape index (κ2) is 8.88. The van der Waals surface area contributed by atoms with E-state index in [1.807, 2.05) is 27.7 Å². The van der Waals surface area contributed by atoms with Crippen molar-refractivity contribution in [1.29, 1.82) is 0 Å². The summed E-state index contributed by atoms with van der Waals surface area (Å²) in [5, 5.41) is 12.2. The SMILES string of the molecule is CC(CCC(C)C(=O)Nc1ccc(O)c(N)c1)NS(=O)C(C)C. The number of aromatic hydroxyl groups is 1. The predicted octanol–water partition coefficient (Wildman–Crippen LogP) is 2.38. The van der Waals surface area contributed by atoms with E-state index in [1.54, 1.807) is 6.07 Å². The van der Waals surface area contributed by atoms with Gasteiger partial charge >= 0.3 is 0 Å². The molecule has 0 aliphatic carbocycles. The summed E-state index contributed by atoms with van der Waals surface area (Å²) in [6.07, 6.45) is 1.44. The number of hydrogen-bond donors (Lipinski definition) is 4. The Morgan fingerprint density at radius 1 is 1.26 bits per heavy atom. The molecule has 0 aliphatic rings. The van der Waals surface area contributed by atoms with Crippen molar-refractivity contribution in [3.8, 4) is 5.75 Å². The summed E-state index contributed by atoms with van der Waals surface area (Å²) in [5.74, 6) is -0.289. The lowest BCUT2D eigenvalue weighted by Crippen LogP contribution is -2.33. The highest BCUT2D eigenvalue weighted by Gasteiger charge is 2.16. The molecule has 1 aromatic rings. The first-order chi connectivity index (χ1) is 10.7. The van der Waals surface area contributed by atoms with Gasteiger partial charge in [-0.3, -0.25) is 4.79 Å². The number of nitrogens with two attached hydrogens (primary N) is 1. The third-order valence-corrected chi connectivity index (χ3v) is 5.01. The van der Waals surface area contributed by atoms with E-state index < -0.39 is 11.0 Å². The highest BCUT2D eigenvalue weighted by Crippen LogP contribution is 2.24. The van der Waals surface area contributed by atoms with E-state index in [-0.39, 0.29) is 34.6 Å². The van der Waals surface area contributed by atoms with E-state index >= 15 is 0 Å². The van der Waals surface area contributed by atoms with Crippen molar-refractivity contribution >= 4 is 28.3 Å². The second-order valence-electron chi connectivity index (χ2n) is 6.11. The van der Waals surface area contributed by atoms with Gasteiger partial charge in [0.15, 0.2) is 0 Å². The number of hydrogen-bond acceptors (Lipinski definition) is 4. The maximum absolute atomic E-state index is 12.2. The van der Waals surface area contributed by atoms with Crippen molar-refractivity contribution in [2.75, 3.05) is 11.1 Å². The fraction of sp³-hybridized carbons (Fsp3) is 0.562. The summed E-state index contributed by atoms with van der Waals surface area (Å²) in [6.45, 7) is 7.61. The molecule has 6 nitrogen and oxygen atoms in total. The third-order valence-electron chi connectivity index (χ3n) is 3.52. The van der Waals surface area contributed by atoms with E-state index in [2.05, 4.69) is 10.0 Å². The molecule has 7 heteroatoms. The summed E-state index contributed by atoms with van der Waals surface area (Å²) in [5.41, 5.74) is 6.39. The summed E-state index contributed by atoms with van der Waals surface area (Å²) in [7, 11) is -1.05. The minimum Gasteiger partial charge on any atom is -0.506 e. The minimum atomic E-state index is -1.05. The van der Waals surface area contributed by atoms with E-state index in [0.29, 0.717) is 12.1 Å². The molecular weight excluding hydrogens is 314 g/mol. The zero-order valence-corrected chi connectivity index (χ0v) is 14.9. The normalized spacial score (nSPS) is 15.2. The van der Waals surface area contributed by atoms with Crippen LogP contribution in [-0.2, 0) is 15.8 Å². The van der Waals surface area contributed by atoms with Gasteiger partial charge in [0.1, 0.15) is 5.75 Å². The molecule has 23 heavy (non-hydrogen) atoms. The van der Waals surface area contributed by atoms with Gasteiger partial charge in [-0.2, -0.15) is 0 Å². The van der Waals surface area contributed by atoms with Gasteiger partial charge < -0.3 is 16.2 Å². The molecule has 0 saturated heterocycles. The second-order valence-corrected chi connectivity index (χ2v) is 7.88. The number of benzene rings is 1. The Kier molecular flexibility index (Phi) is 7.51. The van der Waals surface area contributed by atoms with E-state index in [1.165, 1.54) is 12.1 Å². The Labute approximate surface area is 140 Å². The lowest BCUT2D eigenvalue weighted by Gasteiger charge is -2.17. The first-order valence-electron chi connectivity index (χ1n) is 7.76. The van der Waals surface area contributed by atoms with Crippen LogP contribution in [0.1, 0.15) is 40.5 Å². The van der Waals surface area contributed by atoms with Crippen molar-refractivity contribution < 1.29 is 14.1 Å². The average molecular weight is 341 g/mol. The van der Waals surface area contributed by atoms with Gasteiger partial charge in [0, 0.05) is 22.9 Å². The summed E-state index contributed by atoms with van der Waals surface area (Å²) in [6, 6.07) is 4.66. The third kappa shape index (κ3) is 6.58. The maximum Gasteiger partial charge on any atom is 0.227 e. The molecule has 130 valence electrons. The molecule has 0 saturated carbocycles. The summed E-state index contributed by atoms with van der Waals surface area (Å²) < 4.78 is 14.8. The Hall–Kier alpha value is -1.60. The molecule has 1 rings (SSSR count). The Bertz CT molecular complexity index is 564. The van der Waals surface area contributed by atoms with Crippen LogP contribution in [0.2, 0.25) is 0 Å². The van der Waals surface area contributed by atoms with Gasteiger partial charge in [-0.1, -0.05) is 6.92 Å². The topological polar surface area (TPSA) is 104 Å². The maximum atomic E-state index is 12.2. The first kappa shape index (κ1) is 19.4. The van der Waals surface area contributed by atoms with Crippen LogP contribution in [0.4, 0.5) is 11.4 Å². The molecule has 0 fully saturated rings. The number of amides is 1. The summed E-state index contributed by atoms with van der Waals surface area (Å²) in [4.78, 5) is 12.2. The van der Waals surface area contributed by atoms with Crippen LogP contribution in [-0.4, -0.2) is 26.5 Å². The van der Waals surface area contributed by atoms with Gasteiger partial charge in [-0.05, 0) is 51.8 Å². The number of carbonyl (C=O) groups excluding carboxylic acids is 1. The monoisotopic (exact) mass is 341 g/mol. The molecule has 1 aromatic carbocycles. The highest BCUT2D eigenvalue weighted by atomic mass is 32.2. The molecule has 0 spiro atoms. The van der Waals surface area contributed by atoms with Crippen molar-refractivity contribution in [3.05, 3.63) is 18.2 Å². The lowest BCUT2D eigenvalue weighted by molar-refractivity contribution is -0.119. The number of carbonyl (C=O) groups is 1. The van der Waals surface area contributed by atoms with Gasteiger partial charge in [0.25, 0.3) is 0 Å². The molecule has 3 unspecified atom stereocenters. The highest BCUT2D eigenvalue weighted by molar-refractivity contribution is 7.83. The van der Waals surface area contributed by atoms with Crippen LogP contribution in [0.3, 0.4) is 0 Å². The standard InChI is InChI=1S/C16H27N3O3S/c1-10(2)23(22)19-12(4)6-5-11(3)16(21)18-13-7-8-15(20)14(17)9-13/h7-12,19-20H,5-6,17H2,1-4H3,(H,18,21). The average Bonchev–Trinajstić information content (AvgIpc) is 2.48. The smallest absolute Gasteiger partial charge is 0.227 e. The largest absolute Gasteiger partial charge is 0.506 e. The van der Waals surface area contributed by atoms with Crippen LogP contribution < -0.4 is 15.8 Å². The van der Waals surface area contributed by atoms with Gasteiger partial charge in [-0.15, -0.1) is 0 Å². The molecule has 1 amide bonds. The summed E-state index contributed by atoms with van der Waals surface area (Å²) >= 11 is 0. The van der Waals surface area contributed by atoms with Gasteiger partial charge in [0.05, 0.1) is 16.7 Å². The van der Waals surface area contributed by atoms with Crippen LogP contribution in [0, 0.1) is 5.92 Å². The number of nitrogen functional groups attached to an aromatic ring is 1. The lowest BCUT2D eigenvalue weighted by atomic mass is 10.0. The molecule has 0 heterocycles. The minimum absolute atomic E-state index is 0.00546. The molecule has 5 N–H and O–H groups in total. The van der Waals surface area contributed by atoms with Crippen molar-refractivity contribution in [2.45, 2.75) is 51.8 Å². The Balaban J connectivity index is 2.44. The number of nitrogens with one attached hydrogen (secondary N) is 2. The molecule has 0 aromatic heterocycles. The van der Waals surface area contributed by atoms with Crippen LogP contribution in [0.25, 0.3) is 0 Å². The fourth-order valence-electron chi connectivity index (χ4n) is 1.92. The van der Waals surface area contributed by atoms with E-state index in [9.17, 15) is 14.1 Å². The van der Waals surface area contributed by atoms with E-state index in [4.69, 9.17) is 5.73 Å². The molecule has 0 bridgehead atoms. The molecular formula is C16H27N3O3S. The quantitative estimate of drug-likeness (QED) is 0.331. The van der Waals surface area contributed by atoms with Crippen LogP contribution in [0.15, 0.2) is 18.2 Å².